The summed E-state index contributed by atoms with van der Waals surface area (Å²) in [5.74, 6) is 0.962. The molecular weight excluding hydrogens is 190 g/mol. The lowest BCUT2D eigenvalue weighted by Gasteiger charge is -2.06. The molecular formula is C8H12ClN3O. The molecule has 0 radical (unpaired) electrons. The molecule has 0 aliphatic rings. The number of aromatic amines is 1. The van der Waals surface area contributed by atoms with Crippen LogP contribution in [0.25, 0.3) is 0 Å². The molecule has 0 aliphatic carbocycles. The van der Waals surface area contributed by atoms with Crippen molar-refractivity contribution in [3.8, 4) is 0 Å². The van der Waals surface area contributed by atoms with E-state index in [1.54, 1.807) is 0 Å². The first kappa shape index (κ1) is 10.1. The Bertz CT molecular complexity index is 334. The van der Waals surface area contributed by atoms with Crippen LogP contribution >= 0.6 is 11.6 Å². The minimum Gasteiger partial charge on any atom is -0.355 e. The van der Waals surface area contributed by atoms with E-state index in [-0.39, 0.29) is 10.6 Å². The summed E-state index contributed by atoms with van der Waals surface area (Å²) in [6.07, 6.45) is 1.34. The fraction of sp³-hybridized carbons (Fsp3) is 0.500. The third kappa shape index (κ3) is 3.06. The van der Waals surface area contributed by atoms with Gasteiger partial charge in [0.15, 0.2) is 0 Å². The molecule has 0 spiro atoms. The maximum absolute atomic E-state index is 11.0. The predicted molar refractivity (Wildman–Crippen MR) is 53.2 cm³/mol. The quantitative estimate of drug-likeness (QED) is 0.779. The zero-order valence-corrected chi connectivity index (χ0v) is 8.35. The molecule has 0 amide bonds. The fourth-order valence-electron chi connectivity index (χ4n) is 0.770. The second kappa shape index (κ2) is 4.28. The van der Waals surface area contributed by atoms with Gasteiger partial charge in [-0.15, -0.1) is 0 Å². The fourth-order valence-corrected chi connectivity index (χ4v) is 0.866. The molecule has 1 aromatic heterocycles. The van der Waals surface area contributed by atoms with Crippen LogP contribution < -0.4 is 10.9 Å². The van der Waals surface area contributed by atoms with Crippen LogP contribution in [0.3, 0.4) is 0 Å². The number of anilines is 1. The third-order valence-electron chi connectivity index (χ3n) is 1.43. The van der Waals surface area contributed by atoms with E-state index in [9.17, 15) is 4.79 Å². The third-order valence-corrected chi connectivity index (χ3v) is 1.70. The second-order valence-electron chi connectivity index (χ2n) is 3.18. The van der Waals surface area contributed by atoms with Crippen molar-refractivity contribution in [3.63, 3.8) is 0 Å². The molecule has 13 heavy (non-hydrogen) atoms. The first-order chi connectivity index (χ1) is 6.09. The van der Waals surface area contributed by atoms with Crippen LogP contribution in [0.2, 0.25) is 5.02 Å². The van der Waals surface area contributed by atoms with Gasteiger partial charge in [0.1, 0.15) is 5.02 Å². The molecule has 4 nitrogen and oxygen atoms in total. The predicted octanol–water partition coefficient (Wildman–Crippen LogP) is 1.49. The lowest BCUT2D eigenvalue weighted by molar-refractivity contribution is 0.684. The highest BCUT2D eigenvalue weighted by molar-refractivity contribution is 6.30. The van der Waals surface area contributed by atoms with E-state index in [1.165, 1.54) is 6.20 Å². The molecule has 0 atom stereocenters. The van der Waals surface area contributed by atoms with Crippen molar-refractivity contribution in [2.75, 3.05) is 11.9 Å². The van der Waals surface area contributed by atoms with E-state index in [0.29, 0.717) is 11.9 Å². The van der Waals surface area contributed by atoms with Crippen molar-refractivity contribution < 1.29 is 0 Å². The summed E-state index contributed by atoms with van der Waals surface area (Å²) >= 11 is 5.51. The summed E-state index contributed by atoms with van der Waals surface area (Å²) in [5.41, 5.74) is -0.317. The average molecular weight is 202 g/mol. The molecule has 2 N–H and O–H groups in total. The zero-order valence-electron chi connectivity index (χ0n) is 7.60. The van der Waals surface area contributed by atoms with Crippen molar-refractivity contribution in [1.29, 1.82) is 0 Å². The van der Waals surface area contributed by atoms with Gasteiger partial charge in [0.2, 0.25) is 5.95 Å². The normalized spacial score (nSPS) is 10.5. The number of hydrogen-bond donors (Lipinski definition) is 2. The molecule has 0 fully saturated rings. The van der Waals surface area contributed by atoms with Crippen molar-refractivity contribution >= 4 is 17.5 Å². The first-order valence-corrected chi connectivity index (χ1v) is 4.46. The van der Waals surface area contributed by atoms with Crippen molar-refractivity contribution in [3.05, 3.63) is 21.6 Å². The molecule has 72 valence electrons. The van der Waals surface area contributed by atoms with Crippen LogP contribution in [-0.2, 0) is 0 Å². The maximum Gasteiger partial charge on any atom is 0.271 e. The van der Waals surface area contributed by atoms with E-state index in [1.807, 2.05) is 0 Å². The van der Waals surface area contributed by atoms with Gasteiger partial charge in [0, 0.05) is 6.54 Å². The number of rotatable bonds is 3. The summed E-state index contributed by atoms with van der Waals surface area (Å²) in [6, 6.07) is 0. The summed E-state index contributed by atoms with van der Waals surface area (Å²) in [4.78, 5) is 17.5. The van der Waals surface area contributed by atoms with E-state index >= 15 is 0 Å². The lowest BCUT2D eigenvalue weighted by Crippen LogP contribution is -2.15. The van der Waals surface area contributed by atoms with Gasteiger partial charge in [0.25, 0.3) is 5.56 Å². The standard InChI is InChI=1S/C8H12ClN3O/c1-5(2)3-10-8-11-4-6(9)7(13)12-8/h4-5H,3H2,1-2H3,(H2,10,11,12,13). The summed E-state index contributed by atoms with van der Waals surface area (Å²) in [5, 5.41) is 3.09. The molecule has 0 bridgehead atoms. The second-order valence-corrected chi connectivity index (χ2v) is 3.59. The Morgan fingerprint density at radius 2 is 2.38 bits per heavy atom. The van der Waals surface area contributed by atoms with Gasteiger partial charge >= 0.3 is 0 Å². The highest BCUT2D eigenvalue weighted by atomic mass is 35.5. The van der Waals surface area contributed by atoms with Crippen molar-refractivity contribution in [2.45, 2.75) is 13.8 Å². The average Bonchev–Trinajstić information content (AvgIpc) is 2.07. The van der Waals surface area contributed by atoms with E-state index < -0.39 is 0 Å². The minimum absolute atomic E-state index is 0.107. The van der Waals surface area contributed by atoms with E-state index in [0.717, 1.165) is 6.54 Å². The van der Waals surface area contributed by atoms with Crippen LogP contribution in [0, 0.1) is 5.92 Å². The molecule has 0 aliphatic heterocycles. The topological polar surface area (TPSA) is 57.8 Å². The summed E-state index contributed by atoms with van der Waals surface area (Å²) in [7, 11) is 0. The number of halogens is 1. The Morgan fingerprint density at radius 3 is 2.92 bits per heavy atom. The Labute approximate surface area is 81.3 Å². The summed E-state index contributed by atoms with van der Waals surface area (Å²) < 4.78 is 0. The van der Waals surface area contributed by atoms with Gasteiger partial charge in [-0.1, -0.05) is 25.4 Å². The van der Waals surface area contributed by atoms with Gasteiger partial charge in [-0.2, -0.15) is 0 Å². The van der Waals surface area contributed by atoms with Crippen LogP contribution in [0.1, 0.15) is 13.8 Å². The van der Waals surface area contributed by atoms with Gasteiger partial charge in [-0.05, 0) is 5.92 Å². The Morgan fingerprint density at radius 1 is 1.69 bits per heavy atom. The largest absolute Gasteiger partial charge is 0.355 e. The Kier molecular flexibility index (Phi) is 3.31. The lowest BCUT2D eigenvalue weighted by atomic mass is 10.2. The number of nitrogens with one attached hydrogen (secondary N) is 2. The molecule has 1 rings (SSSR count). The number of aromatic nitrogens is 2. The van der Waals surface area contributed by atoms with Crippen LogP contribution in [-0.4, -0.2) is 16.5 Å². The van der Waals surface area contributed by atoms with E-state index in [2.05, 4.69) is 29.1 Å². The summed E-state index contributed by atoms with van der Waals surface area (Å²) in [6.45, 7) is 4.91. The molecule has 0 aromatic carbocycles. The first-order valence-electron chi connectivity index (χ1n) is 4.08. The highest BCUT2D eigenvalue weighted by Gasteiger charge is 1.99. The molecule has 1 heterocycles. The SMILES string of the molecule is CC(C)CNc1ncc(Cl)c(=O)[nH]1. The molecule has 1 aromatic rings. The molecule has 0 unspecified atom stereocenters. The zero-order chi connectivity index (χ0) is 9.84. The van der Waals surface area contributed by atoms with Gasteiger partial charge in [-0.25, -0.2) is 4.98 Å². The van der Waals surface area contributed by atoms with E-state index in [4.69, 9.17) is 11.6 Å². The van der Waals surface area contributed by atoms with Gasteiger partial charge in [0.05, 0.1) is 6.20 Å². The van der Waals surface area contributed by atoms with Crippen LogP contribution in [0.4, 0.5) is 5.95 Å². The maximum atomic E-state index is 11.0. The number of H-pyrrole nitrogens is 1. The minimum atomic E-state index is -0.317. The molecule has 5 heteroatoms. The Hall–Kier alpha value is -1.03. The number of hydrogen-bond acceptors (Lipinski definition) is 3. The Balaban J connectivity index is 2.69. The molecule has 0 saturated heterocycles. The van der Waals surface area contributed by atoms with Gasteiger partial charge < -0.3 is 5.32 Å². The van der Waals surface area contributed by atoms with Crippen molar-refractivity contribution in [2.24, 2.45) is 5.92 Å². The highest BCUT2D eigenvalue weighted by Crippen LogP contribution is 2.00. The van der Waals surface area contributed by atoms with Crippen molar-refractivity contribution in [1.82, 2.24) is 9.97 Å². The smallest absolute Gasteiger partial charge is 0.271 e. The monoisotopic (exact) mass is 201 g/mol. The van der Waals surface area contributed by atoms with Crippen LogP contribution in [0.5, 0.6) is 0 Å². The van der Waals surface area contributed by atoms with Gasteiger partial charge in [-0.3, -0.25) is 9.78 Å². The van der Waals surface area contributed by atoms with Crippen LogP contribution in [0.15, 0.2) is 11.0 Å². The molecule has 0 saturated carbocycles. The number of nitrogens with zero attached hydrogens (tertiary/aromatic N) is 1.